The number of nitrogens with zero attached hydrogens (tertiary/aromatic N) is 1. The highest BCUT2D eigenvalue weighted by Crippen LogP contribution is 2.40. The average Bonchev–Trinajstić information content (AvgIpc) is 3.31. The SMILES string of the molecule is COc1cc(/C=C\c2cc(OC)c(OC)c(OC)c2)cc(N/C=C\C(=O)c2cn(C)c3ccccc23)c1OC. The minimum Gasteiger partial charge on any atom is -0.493 e. The summed E-state index contributed by atoms with van der Waals surface area (Å²) in [6, 6.07) is 15.3. The molecule has 1 N–H and O–H groups in total. The van der Waals surface area contributed by atoms with Gasteiger partial charge in [-0.25, -0.2) is 0 Å². The first-order valence-electron chi connectivity index (χ1n) is 12.2. The molecule has 0 saturated heterocycles. The molecule has 1 aromatic heterocycles. The van der Waals surface area contributed by atoms with E-state index in [1.165, 1.54) is 6.08 Å². The van der Waals surface area contributed by atoms with Gasteiger partial charge in [0.2, 0.25) is 5.75 Å². The van der Waals surface area contributed by atoms with E-state index >= 15 is 0 Å². The fourth-order valence-corrected chi connectivity index (χ4v) is 4.41. The largest absolute Gasteiger partial charge is 0.493 e. The van der Waals surface area contributed by atoms with Gasteiger partial charge in [0.1, 0.15) is 0 Å². The zero-order valence-electron chi connectivity index (χ0n) is 22.9. The summed E-state index contributed by atoms with van der Waals surface area (Å²) in [5.41, 5.74) is 3.98. The summed E-state index contributed by atoms with van der Waals surface area (Å²) in [5.74, 6) is 2.60. The van der Waals surface area contributed by atoms with Gasteiger partial charge in [0.25, 0.3) is 0 Å². The van der Waals surface area contributed by atoms with Crippen LogP contribution in [-0.2, 0) is 7.05 Å². The lowest BCUT2D eigenvalue weighted by atomic mass is 10.1. The topological polar surface area (TPSA) is 80.2 Å². The fraction of sp³-hybridized carbons (Fsp3) is 0.194. The van der Waals surface area contributed by atoms with Crippen LogP contribution in [0.25, 0.3) is 23.1 Å². The van der Waals surface area contributed by atoms with Crippen molar-refractivity contribution in [1.82, 2.24) is 4.57 Å². The number of carbonyl (C=O) groups is 1. The molecule has 0 atom stereocenters. The summed E-state index contributed by atoms with van der Waals surface area (Å²) in [7, 11) is 9.80. The molecule has 3 aromatic carbocycles. The number of methoxy groups -OCH3 is 5. The van der Waals surface area contributed by atoms with E-state index in [2.05, 4.69) is 5.32 Å². The standard InChI is InChI=1S/C31H32N2O6/c1-33-19-23(22-9-7-8-10-25(22)33)26(34)13-14-32-24-15-20(16-27(35-2)30(24)38-5)11-12-21-17-28(36-3)31(39-6)29(18-21)37-4/h7-19,32H,1-6H3/b12-11-,14-13-. The highest BCUT2D eigenvalue weighted by Gasteiger charge is 2.14. The van der Waals surface area contributed by atoms with Gasteiger partial charge in [-0.3, -0.25) is 4.79 Å². The van der Waals surface area contributed by atoms with Crippen molar-refractivity contribution < 1.29 is 28.5 Å². The maximum atomic E-state index is 13.0. The number of hydrogen-bond acceptors (Lipinski definition) is 7. The van der Waals surface area contributed by atoms with Gasteiger partial charge in [0.15, 0.2) is 28.8 Å². The summed E-state index contributed by atoms with van der Waals surface area (Å²) in [5, 5.41) is 4.09. The van der Waals surface area contributed by atoms with Crippen LogP contribution in [0, 0.1) is 0 Å². The Hall–Kier alpha value is -4.85. The maximum Gasteiger partial charge on any atom is 0.203 e. The minimum atomic E-state index is -0.108. The lowest BCUT2D eigenvalue weighted by molar-refractivity contribution is 0.104. The van der Waals surface area contributed by atoms with Crippen molar-refractivity contribution in [3.05, 3.63) is 83.7 Å². The van der Waals surface area contributed by atoms with Crippen molar-refractivity contribution in [2.45, 2.75) is 0 Å². The highest BCUT2D eigenvalue weighted by atomic mass is 16.5. The zero-order chi connectivity index (χ0) is 27.9. The van der Waals surface area contributed by atoms with Gasteiger partial charge in [-0.1, -0.05) is 30.4 Å². The molecule has 39 heavy (non-hydrogen) atoms. The van der Waals surface area contributed by atoms with E-state index < -0.39 is 0 Å². The predicted molar refractivity (Wildman–Crippen MR) is 155 cm³/mol. The quantitative estimate of drug-likeness (QED) is 0.141. The molecule has 202 valence electrons. The van der Waals surface area contributed by atoms with Gasteiger partial charge in [0, 0.05) is 42.0 Å². The molecule has 8 nitrogen and oxygen atoms in total. The Morgan fingerprint density at radius 1 is 0.769 bits per heavy atom. The number of fused-ring (bicyclic) bond motifs is 1. The number of allylic oxidation sites excluding steroid dienone is 1. The van der Waals surface area contributed by atoms with Crippen molar-refractivity contribution in [2.75, 3.05) is 40.9 Å². The van der Waals surface area contributed by atoms with Crippen LogP contribution in [0.5, 0.6) is 28.7 Å². The summed E-state index contributed by atoms with van der Waals surface area (Å²) >= 11 is 0. The Kier molecular flexibility index (Phi) is 8.46. The Morgan fingerprint density at radius 3 is 1.92 bits per heavy atom. The lowest BCUT2D eigenvalue weighted by Crippen LogP contribution is -1.99. The minimum absolute atomic E-state index is 0.108. The third-order valence-corrected chi connectivity index (χ3v) is 6.29. The molecule has 1 heterocycles. The van der Waals surface area contributed by atoms with Crippen LogP contribution in [0.15, 0.2) is 67.0 Å². The predicted octanol–water partition coefficient (Wildman–Crippen LogP) is 6.20. The lowest BCUT2D eigenvalue weighted by Gasteiger charge is -2.14. The Morgan fingerprint density at radius 2 is 1.33 bits per heavy atom. The van der Waals surface area contributed by atoms with E-state index in [4.69, 9.17) is 23.7 Å². The number of nitrogens with one attached hydrogen (secondary N) is 1. The van der Waals surface area contributed by atoms with Crippen LogP contribution in [0.1, 0.15) is 21.5 Å². The number of benzene rings is 3. The molecule has 8 heteroatoms. The van der Waals surface area contributed by atoms with Crippen LogP contribution < -0.4 is 29.0 Å². The first-order chi connectivity index (χ1) is 18.9. The number of ketones is 1. The van der Waals surface area contributed by atoms with Crippen molar-refractivity contribution in [3.8, 4) is 28.7 Å². The normalized spacial score (nSPS) is 11.2. The third kappa shape index (κ3) is 5.70. The Labute approximate surface area is 228 Å². The fourth-order valence-electron chi connectivity index (χ4n) is 4.41. The number of rotatable bonds is 11. The molecule has 0 radical (unpaired) electrons. The van der Waals surface area contributed by atoms with Crippen molar-refractivity contribution in [1.29, 1.82) is 0 Å². The van der Waals surface area contributed by atoms with Crippen LogP contribution in [0.2, 0.25) is 0 Å². The smallest absolute Gasteiger partial charge is 0.203 e. The molecule has 4 rings (SSSR count). The summed E-state index contributed by atoms with van der Waals surface area (Å²) in [4.78, 5) is 13.0. The van der Waals surface area contributed by atoms with Gasteiger partial charge in [-0.2, -0.15) is 0 Å². The molecule has 0 saturated carbocycles. The molecular formula is C31H32N2O6. The van der Waals surface area contributed by atoms with Crippen LogP contribution in [-0.4, -0.2) is 45.9 Å². The van der Waals surface area contributed by atoms with Crippen LogP contribution in [0.3, 0.4) is 0 Å². The summed E-state index contributed by atoms with van der Waals surface area (Å²) in [6.07, 6.45) is 8.81. The number of anilines is 1. The van der Waals surface area contributed by atoms with E-state index in [1.807, 2.05) is 78.5 Å². The molecule has 0 unspecified atom stereocenters. The van der Waals surface area contributed by atoms with Crippen molar-refractivity contribution in [2.24, 2.45) is 7.05 Å². The molecule has 0 spiro atoms. The monoisotopic (exact) mass is 528 g/mol. The van der Waals surface area contributed by atoms with Gasteiger partial charge in [-0.15, -0.1) is 0 Å². The van der Waals surface area contributed by atoms with Crippen LogP contribution >= 0.6 is 0 Å². The molecule has 0 fully saturated rings. The molecule has 0 aliphatic carbocycles. The second kappa shape index (κ2) is 12.1. The second-order valence-electron chi connectivity index (χ2n) is 8.61. The van der Waals surface area contributed by atoms with Gasteiger partial charge in [0.05, 0.1) is 41.2 Å². The van der Waals surface area contributed by atoms with E-state index in [-0.39, 0.29) is 5.78 Å². The first kappa shape index (κ1) is 27.2. The Bertz CT molecular complexity index is 1530. The van der Waals surface area contributed by atoms with E-state index in [0.717, 1.165) is 22.0 Å². The molecule has 0 aliphatic rings. The van der Waals surface area contributed by atoms with Gasteiger partial charge < -0.3 is 33.6 Å². The van der Waals surface area contributed by atoms with E-state index in [1.54, 1.807) is 41.7 Å². The third-order valence-electron chi connectivity index (χ3n) is 6.29. The average molecular weight is 529 g/mol. The highest BCUT2D eigenvalue weighted by molar-refractivity contribution is 6.13. The van der Waals surface area contributed by atoms with Crippen molar-refractivity contribution >= 4 is 34.5 Å². The number of ether oxygens (including phenoxy) is 5. The number of aryl methyl sites for hydroxylation is 1. The number of aromatic nitrogens is 1. The van der Waals surface area contributed by atoms with Crippen molar-refractivity contribution in [3.63, 3.8) is 0 Å². The van der Waals surface area contributed by atoms with E-state index in [9.17, 15) is 4.79 Å². The number of carbonyl (C=O) groups excluding carboxylic acids is 1. The summed E-state index contributed by atoms with van der Waals surface area (Å²) < 4.78 is 29.4. The molecule has 0 amide bonds. The molecule has 0 aliphatic heterocycles. The van der Waals surface area contributed by atoms with Gasteiger partial charge in [-0.05, 0) is 41.5 Å². The van der Waals surface area contributed by atoms with Gasteiger partial charge >= 0.3 is 0 Å². The maximum absolute atomic E-state index is 13.0. The summed E-state index contributed by atoms with van der Waals surface area (Å²) in [6.45, 7) is 0. The molecule has 4 aromatic rings. The molecule has 0 bridgehead atoms. The van der Waals surface area contributed by atoms with E-state index in [0.29, 0.717) is 40.0 Å². The zero-order valence-corrected chi connectivity index (χ0v) is 22.9. The first-order valence-corrected chi connectivity index (χ1v) is 12.2. The molecular weight excluding hydrogens is 496 g/mol. The second-order valence-corrected chi connectivity index (χ2v) is 8.61. The van der Waals surface area contributed by atoms with Crippen LogP contribution in [0.4, 0.5) is 5.69 Å². The number of hydrogen-bond donors (Lipinski definition) is 1. The Balaban J connectivity index is 1.61. The number of para-hydroxylation sites is 1.